The van der Waals surface area contributed by atoms with Crippen LogP contribution in [0.3, 0.4) is 0 Å². The highest BCUT2D eigenvalue weighted by Gasteiger charge is 2.14. The van der Waals surface area contributed by atoms with Crippen LogP contribution in [0.4, 0.5) is 0 Å². The molecule has 0 saturated heterocycles. The van der Waals surface area contributed by atoms with Crippen LogP contribution in [0.5, 0.6) is 0 Å². The van der Waals surface area contributed by atoms with Gasteiger partial charge in [-0.3, -0.25) is 19.2 Å². The van der Waals surface area contributed by atoms with Crippen LogP contribution >= 0.6 is 45.3 Å². The van der Waals surface area contributed by atoms with Gasteiger partial charge >= 0.3 is 0 Å². The van der Waals surface area contributed by atoms with Crippen LogP contribution in [0.1, 0.15) is 60.9 Å². The minimum Gasteiger partial charge on any atom is -0.347 e. The largest absolute Gasteiger partial charge is 0.347 e. The lowest BCUT2D eigenvalue weighted by molar-refractivity contribution is 0.0946. The van der Waals surface area contributed by atoms with E-state index in [-0.39, 0.29) is 49.8 Å². The van der Waals surface area contributed by atoms with E-state index in [1.807, 2.05) is 82.2 Å². The Balaban J connectivity index is 1.29. The van der Waals surface area contributed by atoms with Crippen LogP contribution in [0.15, 0.2) is 106 Å². The molecule has 0 aliphatic carbocycles. The van der Waals surface area contributed by atoms with Crippen LogP contribution in [0, 0.1) is 0 Å². The van der Waals surface area contributed by atoms with Crippen molar-refractivity contribution in [2.24, 2.45) is 0 Å². The van der Waals surface area contributed by atoms with Crippen LogP contribution in [-0.2, 0) is 26.2 Å². The van der Waals surface area contributed by atoms with Gasteiger partial charge in [-0.2, -0.15) is 0 Å². The first-order valence-corrected chi connectivity index (χ1v) is 18.5. The summed E-state index contributed by atoms with van der Waals surface area (Å²) in [6.07, 6.45) is 0. The van der Waals surface area contributed by atoms with Gasteiger partial charge in [0.2, 0.25) is 0 Å². The second-order valence-corrected chi connectivity index (χ2v) is 14.5. The quantitative estimate of drug-likeness (QED) is 0.101. The number of nitrogens with one attached hydrogen (secondary N) is 4. The molecule has 0 fully saturated rings. The molecule has 0 radical (unpaired) electrons. The topological polar surface area (TPSA) is 116 Å². The van der Waals surface area contributed by atoms with Crippen molar-refractivity contribution in [3.8, 4) is 11.1 Å². The lowest BCUT2D eigenvalue weighted by atomic mass is 9.96. The summed E-state index contributed by atoms with van der Waals surface area (Å²) >= 11 is 5.51. The average Bonchev–Trinajstić information content (AvgIpc) is 3.95. The zero-order valence-electron chi connectivity index (χ0n) is 25.5. The Hall–Kier alpha value is -4.88. The molecule has 0 spiro atoms. The lowest BCUT2D eigenvalue weighted by Crippen LogP contribution is -2.23. The predicted molar refractivity (Wildman–Crippen MR) is 194 cm³/mol. The van der Waals surface area contributed by atoms with Gasteiger partial charge in [0.25, 0.3) is 23.6 Å². The third-order valence-corrected chi connectivity index (χ3v) is 10.7. The third kappa shape index (κ3) is 8.72. The van der Waals surface area contributed by atoms with Gasteiger partial charge in [0.15, 0.2) is 0 Å². The Kier molecular flexibility index (Phi) is 10.9. The molecular weight excluding hydrogens is 681 g/mol. The fourth-order valence-electron chi connectivity index (χ4n) is 4.98. The maximum Gasteiger partial charge on any atom is 0.261 e. The van der Waals surface area contributed by atoms with Gasteiger partial charge in [-0.25, -0.2) is 0 Å². The minimum absolute atomic E-state index is 0.157. The maximum atomic E-state index is 12.8. The normalized spacial score (nSPS) is 10.8. The summed E-state index contributed by atoms with van der Waals surface area (Å²) < 4.78 is 0. The Morgan fingerprint density at radius 3 is 0.854 bits per heavy atom. The van der Waals surface area contributed by atoms with E-state index in [0.29, 0.717) is 19.5 Å². The number of hydrogen-bond acceptors (Lipinski definition) is 8. The summed E-state index contributed by atoms with van der Waals surface area (Å²) in [6, 6.07) is 26.5. The summed E-state index contributed by atoms with van der Waals surface area (Å²) in [5, 5.41) is 19.5. The molecule has 0 unspecified atom stereocenters. The molecule has 0 saturated carbocycles. The minimum atomic E-state index is -0.157. The highest BCUT2D eigenvalue weighted by molar-refractivity contribution is 7.13. The first-order chi connectivity index (χ1) is 23.4. The summed E-state index contributed by atoms with van der Waals surface area (Å²) in [5.74, 6) is -0.629. The van der Waals surface area contributed by atoms with Crippen LogP contribution in [0.2, 0.25) is 0 Å². The number of hydrogen-bond donors (Lipinski definition) is 4. The Bertz CT molecular complexity index is 1720. The first-order valence-electron chi connectivity index (χ1n) is 14.9. The highest BCUT2D eigenvalue weighted by atomic mass is 32.1. The molecule has 242 valence electrons. The summed E-state index contributed by atoms with van der Waals surface area (Å²) in [4.78, 5) is 53.5. The van der Waals surface area contributed by atoms with Gasteiger partial charge in [0.1, 0.15) is 0 Å². The highest BCUT2D eigenvalue weighted by Crippen LogP contribution is 2.26. The van der Waals surface area contributed by atoms with E-state index in [0.717, 1.165) is 33.4 Å². The molecule has 0 atom stereocenters. The summed E-state index contributed by atoms with van der Waals surface area (Å²) in [6.45, 7) is 1.15. The van der Waals surface area contributed by atoms with E-state index in [9.17, 15) is 19.2 Å². The number of thiophene rings is 4. The molecule has 4 heterocycles. The predicted octanol–water partition coefficient (Wildman–Crippen LogP) is 7.32. The zero-order chi connectivity index (χ0) is 33.3. The van der Waals surface area contributed by atoms with Crippen molar-refractivity contribution in [2.75, 3.05) is 0 Å². The van der Waals surface area contributed by atoms with Gasteiger partial charge in [0.05, 0.1) is 19.5 Å². The van der Waals surface area contributed by atoms with Gasteiger partial charge in [-0.15, -0.1) is 45.3 Å². The van der Waals surface area contributed by atoms with Crippen LogP contribution < -0.4 is 21.3 Å². The number of amides is 4. The molecule has 6 aromatic rings. The molecule has 8 nitrogen and oxygen atoms in total. The van der Waals surface area contributed by atoms with Crippen molar-refractivity contribution in [1.29, 1.82) is 0 Å². The van der Waals surface area contributed by atoms with Crippen LogP contribution in [-0.4, -0.2) is 23.6 Å². The van der Waals surface area contributed by atoms with Gasteiger partial charge in [-0.1, -0.05) is 36.4 Å². The smallest absolute Gasteiger partial charge is 0.261 e. The molecule has 4 aromatic heterocycles. The molecule has 0 bridgehead atoms. The van der Waals surface area contributed by atoms with E-state index in [2.05, 4.69) is 21.3 Å². The lowest BCUT2D eigenvalue weighted by Gasteiger charge is -2.15. The zero-order valence-corrected chi connectivity index (χ0v) is 28.8. The molecule has 4 N–H and O–H groups in total. The molecule has 0 aliphatic heterocycles. The Morgan fingerprint density at radius 2 is 0.646 bits per heavy atom. The summed E-state index contributed by atoms with van der Waals surface area (Å²) in [7, 11) is 0. The van der Waals surface area contributed by atoms with Crippen LogP contribution in [0.25, 0.3) is 11.1 Å². The number of rotatable bonds is 13. The third-order valence-electron chi connectivity index (χ3n) is 7.23. The Labute approximate surface area is 293 Å². The maximum absolute atomic E-state index is 12.8. The monoisotopic (exact) mass is 710 g/mol. The second kappa shape index (κ2) is 15.8. The molecule has 0 aliphatic rings. The number of carbonyl (C=O) groups excluding carboxylic acids is 4. The molecule has 48 heavy (non-hydrogen) atoms. The van der Waals surface area contributed by atoms with Crippen molar-refractivity contribution in [3.05, 3.63) is 148 Å². The molecule has 2 aromatic carbocycles. The first kappa shape index (κ1) is 33.0. The van der Waals surface area contributed by atoms with Gasteiger partial charge in [-0.05, 0) is 103 Å². The average molecular weight is 711 g/mol. The SMILES string of the molecule is O=C(NCc1cc(CNC(=O)c2cccs2)cc(-c2cc(CNC(=O)c3cccs3)cc(CNC(=O)c3cccs3)c2)c1)c1cccs1. The molecule has 12 heteroatoms. The fourth-order valence-corrected chi connectivity index (χ4v) is 7.54. The van der Waals surface area contributed by atoms with Gasteiger partial charge < -0.3 is 21.3 Å². The molecule has 6 rings (SSSR count). The number of carbonyl (C=O) groups is 4. The fraction of sp³-hybridized carbons (Fsp3) is 0.111. The Morgan fingerprint density at radius 1 is 0.396 bits per heavy atom. The van der Waals surface area contributed by atoms with Crippen molar-refractivity contribution < 1.29 is 19.2 Å². The number of benzene rings is 2. The van der Waals surface area contributed by atoms with E-state index < -0.39 is 0 Å². The van der Waals surface area contributed by atoms with E-state index >= 15 is 0 Å². The van der Waals surface area contributed by atoms with Crippen molar-refractivity contribution >= 4 is 69.0 Å². The van der Waals surface area contributed by atoms with Crippen molar-refractivity contribution in [2.45, 2.75) is 26.2 Å². The molecule has 4 amide bonds. The van der Waals surface area contributed by atoms with Crippen molar-refractivity contribution in [3.63, 3.8) is 0 Å². The van der Waals surface area contributed by atoms with E-state index in [4.69, 9.17) is 0 Å². The standard InChI is InChI=1S/C36H30N4O4S4/c41-33(29-5-1-9-45-29)37-19-23-13-24(20-38-34(42)30-6-2-10-46-30)16-27(15-23)28-17-25(21-39-35(43)31-7-3-11-47-31)14-26(18-28)22-40-36(44)32-8-4-12-48-32/h1-18H,19-22H2,(H,37,41)(H,38,42)(H,39,43)(H,40,44). The van der Waals surface area contributed by atoms with Gasteiger partial charge in [0, 0.05) is 26.2 Å². The van der Waals surface area contributed by atoms with E-state index in [1.165, 1.54) is 45.3 Å². The van der Waals surface area contributed by atoms with Crippen molar-refractivity contribution in [1.82, 2.24) is 21.3 Å². The second-order valence-electron chi connectivity index (χ2n) is 10.7. The molecular formula is C36H30N4O4S4. The van der Waals surface area contributed by atoms with E-state index in [1.54, 1.807) is 24.3 Å². The summed E-state index contributed by atoms with van der Waals surface area (Å²) in [5.41, 5.74) is 5.19.